The zero-order valence-electron chi connectivity index (χ0n) is 16.7. The summed E-state index contributed by atoms with van der Waals surface area (Å²) in [7, 11) is 0. The topological polar surface area (TPSA) is 93.5 Å². The summed E-state index contributed by atoms with van der Waals surface area (Å²) in [6.07, 6.45) is -0.360. The minimum absolute atomic E-state index is 0.119. The fourth-order valence-electron chi connectivity index (χ4n) is 2.46. The Hall–Kier alpha value is -2.83. The number of carbonyl (C=O) groups excluding carboxylic acids is 2. The molecule has 0 unspecified atom stereocenters. The maximum Gasteiger partial charge on any atom is 0.408 e. The van der Waals surface area contributed by atoms with E-state index in [1.807, 2.05) is 46.8 Å². The molecule has 2 aromatic rings. The molecule has 0 aliphatic carbocycles. The van der Waals surface area contributed by atoms with Crippen LogP contribution >= 0.6 is 0 Å². The number of nitrogens with one attached hydrogen (secondary N) is 2. The van der Waals surface area contributed by atoms with Gasteiger partial charge >= 0.3 is 6.09 Å². The standard InChI is InChI=1S/C20H27N3O4/c1-13-11-16(27-23-13)12-17(24)21-15-9-7-14(8-10-15)20(5,6)22-18(25)26-19(2,3)4/h7-11H,12H2,1-6H3,(H,21,24)(H,22,25). The van der Waals surface area contributed by atoms with E-state index in [1.165, 1.54) is 0 Å². The molecule has 0 saturated carbocycles. The van der Waals surface area contributed by atoms with Crippen molar-refractivity contribution in [1.29, 1.82) is 0 Å². The van der Waals surface area contributed by atoms with Gasteiger partial charge in [0, 0.05) is 11.8 Å². The van der Waals surface area contributed by atoms with Crippen LogP contribution < -0.4 is 10.6 Å². The summed E-state index contributed by atoms with van der Waals surface area (Å²) in [4.78, 5) is 24.1. The molecule has 0 fully saturated rings. The van der Waals surface area contributed by atoms with Crippen LogP contribution in [0.25, 0.3) is 0 Å². The fraction of sp³-hybridized carbons (Fsp3) is 0.450. The van der Waals surface area contributed by atoms with E-state index in [1.54, 1.807) is 25.1 Å². The van der Waals surface area contributed by atoms with E-state index in [0.717, 1.165) is 11.3 Å². The number of hydrogen-bond acceptors (Lipinski definition) is 5. The van der Waals surface area contributed by atoms with Gasteiger partial charge in [-0.05, 0) is 59.2 Å². The number of aromatic nitrogens is 1. The van der Waals surface area contributed by atoms with Crippen LogP contribution in [0.3, 0.4) is 0 Å². The molecule has 0 aliphatic heterocycles. The summed E-state index contributed by atoms with van der Waals surface area (Å²) >= 11 is 0. The van der Waals surface area contributed by atoms with Crippen molar-refractivity contribution in [3.63, 3.8) is 0 Å². The van der Waals surface area contributed by atoms with Crippen LogP contribution in [0, 0.1) is 6.92 Å². The summed E-state index contributed by atoms with van der Waals surface area (Å²) in [6.45, 7) is 11.0. The Morgan fingerprint density at radius 1 is 1.11 bits per heavy atom. The van der Waals surface area contributed by atoms with Gasteiger partial charge in [-0.3, -0.25) is 4.79 Å². The molecule has 2 rings (SSSR count). The molecule has 27 heavy (non-hydrogen) atoms. The number of ether oxygens (including phenoxy) is 1. The first-order valence-corrected chi connectivity index (χ1v) is 8.78. The van der Waals surface area contributed by atoms with E-state index in [2.05, 4.69) is 15.8 Å². The van der Waals surface area contributed by atoms with Gasteiger partial charge in [0.25, 0.3) is 0 Å². The van der Waals surface area contributed by atoms with Crippen LogP contribution in [0.1, 0.15) is 51.6 Å². The van der Waals surface area contributed by atoms with Crippen molar-refractivity contribution in [3.8, 4) is 0 Å². The number of nitrogens with zero attached hydrogens (tertiary/aromatic N) is 1. The average molecular weight is 373 g/mol. The molecule has 2 N–H and O–H groups in total. The molecule has 0 radical (unpaired) electrons. The SMILES string of the molecule is Cc1cc(CC(=O)Nc2ccc(C(C)(C)NC(=O)OC(C)(C)C)cc2)on1. The molecule has 0 bridgehead atoms. The highest BCUT2D eigenvalue weighted by Crippen LogP contribution is 2.23. The molecule has 7 nitrogen and oxygen atoms in total. The number of hydrogen-bond donors (Lipinski definition) is 2. The fourth-order valence-corrected chi connectivity index (χ4v) is 2.46. The zero-order valence-corrected chi connectivity index (χ0v) is 16.7. The Morgan fingerprint density at radius 3 is 2.26 bits per heavy atom. The predicted octanol–water partition coefficient (Wildman–Crippen LogP) is 3.92. The zero-order chi connectivity index (χ0) is 20.2. The quantitative estimate of drug-likeness (QED) is 0.828. The minimum atomic E-state index is -0.623. The molecule has 0 saturated heterocycles. The van der Waals surface area contributed by atoms with Gasteiger partial charge in [0.2, 0.25) is 5.91 Å². The normalized spacial score (nSPS) is 11.8. The highest BCUT2D eigenvalue weighted by atomic mass is 16.6. The lowest BCUT2D eigenvalue weighted by Crippen LogP contribution is -2.43. The Morgan fingerprint density at radius 2 is 1.74 bits per heavy atom. The molecule has 1 aromatic carbocycles. The van der Waals surface area contributed by atoms with Crippen molar-refractivity contribution in [1.82, 2.24) is 10.5 Å². The van der Waals surface area contributed by atoms with Crippen LogP contribution in [-0.2, 0) is 21.5 Å². The number of alkyl carbamates (subject to hydrolysis) is 1. The van der Waals surface area contributed by atoms with Crippen LogP contribution in [0.2, 0.25) is 0 Å². The van der Waals surface area contributed by atoms with Crippen molar-refractivity contribution in [2.45, 2.75) is 59.1 Å². The number of anilines is 1. The van der Waals surface area contributed by atoms with Gasteiger partial charge in [-0.15, -0.1) is 0 Å². The largest absolute Gasteiger partial charge is 0.444 e. The first-order valence-electron chi connectivity index (χ1n) is 8.78. The van der Waals surface area contributed by atoms with Crippen molar-refractivity contribution in [2.75, 3.05) is 5.32 Å². The van der Waals surface area contributed by atoms with Gasteiger partial charge in [-0.1, -0.05) is 17.3 Å². The lowest BCUT2D eigenvalue weighted by Gasteiger charge is -2.29. The van der Waals surface area contributed by atoms with E-state index < -0.39 is 17.2 Å². The van der Waals surface area contributed by atoms with Gasteiger partial charge in [-0.25, -0.2) is 4.79 Å². The second kappa shape index (κ2) is 7.82. The molecule has 0 spiro atoms. The molecule has 1 heterocycles. The summed E-state index contributed by atoms with van der Waals surface area (Å²) < 4.78 is 10.4. The Bertz CT molecular complexity index is 801. The molecule has 0 aliphatic rings. The molecule has 7 heteroatoms. The van der Waals surface area contributed by atoms with E-state index in [4.69, 9.17) is 9.26 Å². The van der Waals surface area contributed by atoms with E-state index in [0.29, 0.717) is 11.4 Å². The monoisotopic (exact) mass is 373 g/mol. The third kappa shape index (κ3) is 6.44. The lowest BCUT2D eigenvalue weighted by atomic mass is 9.94. The van der Waals surface area contributed by atoms with E-state index in [-0.39, 0.29) is 12.3 Å². The third-order valence-corrected chi connectivity index (χ3v) is 3.72. The smallest absolute Gasteiger partial charge is 0.408 e. The lowest BCUT2D eigenvalue weighted by molar-refractivity contribution is -0.115. The summed E-state index contributed by atoms with van der Waals surface area (Å²) in [5, 5.41) is 9.43. The number of aryl methyl sites for hydroxylation is 1. The predicted molar refractivity (Wildman–Crippen MR) is 102 cm³/mol. The highest BCUT2D eigenvalue weighted by molar-refractivity contribution is 5.91. The second-order valence-electron chi connectivity index (χ2n) is 7.99. The second-order valence-corrected chi connectivity index (χ2v) is 7.99. The minimum Gasteiger partial charge on any atom is -0.444 e. The Labute approximate surface area is 159 Å². The maximum atomic E-state index is 12.1. The summed E-state index contributed by atoms with van der Waals surface area (Å²) in [5.74, 6) is 0.328. The van der Waals surface area contributed by atoms with Crippen molar-refractivity contribution >= 4 is 17.7 Å². The number of rotatable bonds is 5. The van der Waals surface area contributed by atoms with Crippen LogP contribution in [0.15, 0.2) is 34.9 Å². The van der Waals surface area contributed by atoms with Crippen LogP contribution in [-0.4, -0.2) is 22.8 Å². The number of benzene rings is 1. The molecular formula is C20H27N3O4. The first-order chi connectivity index (χ1) is 12.4. The first kappa shape index (κ1) is 20.5. The Balaban J connectivity index is 1.96. The molecular weight excluding hydrogens is 346 g/mol. The van der Waals surface area contributed by atoms with E-state index >= 15 is 0 Å². The van der Waals surface area contributed by atoms with Gasteiger partial charge in [0.1, 0.15) is 11.4 Å². The molecule has 1 aromatic heterocycles. The molecule has 2 amide bonds. The van der Waals surface area contributed by atoms with Crippen molar-refractivity contribution in [3.05, 3.63) is 47.3 Å². The summed E-state index contributed by atoms with van der Waals surface area (Å²) in [5.41, 5.74) is 1.10. The van der Waals surface area contributed by atoms with Crippen LogP contribution in [0.4, 0.5) is 10.5 Å². The maximum absolute atomic E-state index is 12.1. The van der Waals surface area contributed by atoms with Gasteiger partial charge in [-0.2, -0.15) is 0 Å². The Kier molecular flexibility index (Phi) is 5.93. The van der Waals surface area contributed by atoms with Crippen molar-refractivity contribution < 1.29 is 18.8 Å². The van der Waals surface area contributed by atoms with E-state index in [9.17, 15) is 9.59 Å². The van der Waals surface area contributed by atoms with Gasteiger partial charge < -0.3 is 19.9 Å². The average Bonchev–Trinajstić information content (AvgIpc) is 2.90. The van der Waals surface area contributed by atoms with Gasteiger partial charge in [0.05, 0.1) is 17.7 Å². The molecule has 0 atom stereocenters. The third-order valence-electron chi connectivity index (χ3n) is 3.72. The summed E-state index contributed by atoms with van der Waals surface area (Å²) in [6, 6.07) is 9.01. The molecule has 146 valence electrons. The highest BCUT2D eigenvalue weighted by Gasteiger charge is 2.26. The number of carbonyl (C=O) groups is 2. The van der Waals surface area contributed by atoms with Gasteiger partial charge in [0.15, 0.2) is 0 Å². The number of amides is 2. The van der Waals surface area contributed by atoms with Crippen molar-refractivity contribution in [2.24, 2.45) is 0 Å². The van der Waals surface area contributed by atoms with Crippen LogP contribution in [0.5, 0.6) is 0 Å².